The van der Waals surface area contributed by atoms with E-state index in [0.29, 0.717) is 31.4 Å². The SMILES string of the molecule is CC[C@H]1OC(=O)[C@H](C)C(=O)[C@H](C)[C@@H](O[C@@H]2O[C@H](C)C[C@H](N(C)C(C)(C)C)[C@H]2O)[C@@]2(C)C[C@@H](C)C(=NC(C)=O)[C@H](C)[C@@H](CC/C(=C\C=C\c3ccccc3)CO2)[C@]1(C)O. The molecule has 11 nitrogen and oxygen atoms in total. The Hall–Kier alpha value is -3.06. The minimum Gasteiger partial charge on any atom is -0.459 e. The van der Waals surface area contributed by atoms with Crippen molar-refractivity contribution in [1.29, 1.82) is 0 Å². The number of carbonyl (C=O) groups is 3. The number of aliphatic imine (C=N–C) groups is 1. The van der Waals surface area contributed by atoms with Gasteiger partial charge in [-0.25, -0.2) is 4.99 Å². The van der Waals surface area contributed by atoms with E-state index < -0.39 is 77.1 Å². The Kier molecular flexibility index (Phi) is 16.0. The number of ketones is 1. The molecule has 0 saturated carbocycles. The normalized spacial score (nSPS) is 39.0. The Bertz CT molecular complexity index is 1660. The van der Waals surface area contributed by atoms with Crippen molar-refractivity contribution in [2.75, 3.05) is 13.7 Å². The highest BCUT2D eigenvalue weighted by Gasteiger charge is 2.52. The van der Waals surface area contributed by atoms with Crippen molar-refractivity contribution in [2.45, 2.75) is 169 Å². The van der Waals surface area contributed by atoms with Crippen molar-refractivity contribution in [1.82, 2.24) is 4.90 Å². The van der Waals surface area contributed by atoms with Crippen molar-refractivity contribution in [2.24, 2.45) is 34.6 Å². The Morgan fingerprint density at radius 2 is 1.72 bits per heavy atom. The molecule has 324 valence electrons. The van der Waals surface area contributed by atoms with Crippen LogP contribution in [-0.4, -0.2) is 106 Å². The van der Waals surface area contributed by atoms with Crippen LogP contribution in [-0.2, 0) is 33.3 Å². The zero-order valence-electron chi connectivity index (χ0n) is 37.4. The third-order valence-electron chi connectivity index (χ3n) is 13.1. The minimum atomic E-state index is -1.56. The van der Waals surface area contributed by atoms with Crippen LogP contribution in [0.2, 0.25) is 0 Å². The van der Waals surface area contributed by atoms with Gasteiger partial charge in [0.2, 0.25) is 5.91 Å². The number of esters is 1. The van der Waals surface area contributed by atoms with Crippen molar-refractivity contribution in [3.8, 4) is 0 Å². The molecule has 58 heavy (non-hydrogen) atoms. The lowest BCUT2D eigenvalue weighted by Gasteiger charge is -2.49. The number of aliphatic hydroxyl groups is 2. The summed E-state index contributed by atoms with van der Waals surface area (Å²) in [5, 5.41) is 24.6. The summed E-state index contributed by atoms with van der Waals surface area (Å²) in [5.41, 5.74) is -0.530. The molecule has 0 radical (unpaired) electrons. The fourth-order valence-corrected chi connectivity index (χ4v) is 9.44. The maximum atomic E-state index is 14.6. The standard InChI is InChI=1S/C47H72N2O9/c1-14-38-47(12,54)36-24-23-35(22-18-21-34-19-16-15-17-20-34)27-55-46(11,26-28(2)39(30(36)4)48-33(7)50)42(31(5)40(51)32(6)43(53)57-38)58-44-41(52)37(25-29(3)56-44)49(13)45(8,9)10/h15-22,28-32,36-38,41-42,44,52,54H,14,23-27H2,1-13H3/b21-18+,35-22+,48-39?/t28-,29-,30-,31+,32-,36-,37+,38-,41-,42-,44+,46-,47+/m1/s1. The lowest BCUT2D eigenvalue weighted by molar-refractivity contribution is -0.299. The quantitative estimate of drug-likeness (QED) is 0.221. The molecule has 3 aliphatic heterocycles. The number of carbonyl (C=O) groups excluding carboxylic acids is 3. The summed E-state index contributed by atoms with van der Waals surface area (Å²) in [6.07, 6.45) is 3.63. The molecule has 3 saturated heterocycles. The highest BCUT2D eigenvalue weighted by atomic mass is 16.7. The van der Waals surface area contributed by atoms with Crippen LogP contribution in [0.1, 0.15) is 121 Å². The van der Waals surface area contributed by atoms with Crippen LogP contribution >= 0.6 is 0 Å². The van der Waals surface area contributed by atoms with E-state index >= 15 is 0 Å². The van der Waals surface area contributed by atoms with E-state index in [2.05, 4.69) is 30.7 Å². The lowest BCUT2D eigenvalue weighted by Crippen LogP contribution is -2.62. The molecule has 2 bridgehead atoms. The summed E-state index contributed by atoms with van der Waals surface area (Å²) in [7, 11) is 1.98. The summed E-state index contributed by atoms with van der Waals surface area (Å²) in [6, 6.07) is 9.66. The first-order valence-corrected chi connectivity index (χ1v) is 21.3. The predicted octanol–water partition coefficient (Wildman–Crippen LogP) is 7.37. The van der Waals surface area contributed by atoms with Gasteiger partial charge in [0.25, 0.3) is 0 Å². The first-order chi connectivity index (χ1) is 27.0. The molecule has 3 heterocycles. The van der Waals surface area contributed by atoms with Gasteiger partial charge < -0.3 is 29.2 Å². The molecule has 1 amide bonds. The van der Waals surface area contributed by atoms with Gasteiger partial charge in [0.1, 0.15) is 23.7 Å². The number of Topliss-reactive ketones (excluding diaryl/α,β-unsaturated/α-hetero) is 1. The molecule has 0 spiro atoms. The van der Waals surface area contributed by atoms with Crippen LogP contribution in [0.5, 0.6) is 0 Å². The predicted molar refractivity (Wildman–Crippen MR) is 227 cm³/mol. The van der Waals surface area contributed by atoms with Gasteiger partial charge in [-0.1, -0.05) is 76.3 Å². The van der Waals surface area contributed by atoms with E-state index in [4.69, 9.17) is 18.9 Å². The molecule has 1 aromatic carbocycles. The molecule has 4 rings (SSSR count). The summed E-state index contributed by atoms with van der Waals surface area (Å²) in [4.78, 5) is 48.2. The van der Waals surface area contributed by atoms with E-state index in [1.165, 1.54) is 13.8 Å². The van der Waals surface area contributed by atoms with Gasteiger partial charge in [-0.05, 0) is 111 Å². The number of hydrogen-bond donors (Lipinski definition) is 2. The molecule has 1 aromatic rings. The number of aliphatic hydroxyl groups excluding tert-OH is 1. The molecule has 11 heteroatoms. The molecule has 0 aliphatic carbocycles. The number of amides is 1. The monoisotopic (exact) mass is 809 g/mol. The van der Waals surface area contributed by atoms with Crippen LogP contribution < -0.4 is 0 Å². The lowest BCUT2D eigenvalue weighted by atomic mass is 9.68. The van der Waals surface area contributed by atoms with Crippen LogP contribution in [0.15, 0.2) is 53.0 Å². The van der Waals surface area contributed by atoms with Gasteiger partial charge in [-0.15, -0.1) is 0 Å². The number of ether oxygens (including phenoxy) is 4. The van der Waals surface area contributed by atoms with Crippen LogP contribution in [0.4, 0.5) is 0 Å². The van der Waals surface area contributed by atoms with Gasteiger partial charge >= 0.3 is 5.97 Å². The second-order valence-electron chi connectivity index (χ2n) is 18.7. The van der Waals surface area contributed by atoms with E-state index in [0.717, 1.165) is 11.1 Å². The Morgan fingerprint density at radius 3 is 2.33 bits per heavy atom. The maximum absolute atomic E-state index is 14.6. The molecule has 3 aliphatic rings. The zero-order valence-corrected chi connectivity index (χ0v) is 37.4. The highest BCUT2D eigenvalue weighted by molar-refractivity contribution is 6.00. The van der Waals surface area contributed by atoms with Crippen LogP contribution in [0.25, 0.3) is 6.08 Å². The summed E-state index contributed by atoms with van der Waals surface area (Å²) in [6.45, 7) is 22.4. The smallest absolute Gasteiger partial charge is 0.316 e. The van der Waals surface area contributed by atoms with Crippen molar-refractivity contribution in [3.05, 3.63) is 53.6 Å². The molecular weight excluding hydrogens is 737 g/mol. The van der Waals surface area contributed by atoms with Gasteiger partial charge in [0.15, 0.2) is 12.1 Å². The van der Waals surface area contributed by atoms with Gasteiger partial charge in [0, 0.05) is 36.1 Å². The van der Waals surface area contributed by atoms with Gasteiger partial charge in [0.05, 0.1) is 24.4 Å². The summed E-state index contributed by atoms with van der Waals surface area (Å²) in [5.74, 6) is -5.02. The number of allylic oxidation sites excluding steroid dienone is 2. The molecule has 3 fully saturated rings. The van der Waals surface area contributed by atoms with E-state index in [1.807, 2.05) is 90.2 Å². The Morgan fingerprint density at radius 1 is 1.07 bits per heavy atom. The highest BCUT2D eigenvalue weighted by Crippen LogP contribution is 2.43. The largest absolute Gasteiger partial charge is 0.459 e. The van der Waals surface area contributed by atoms with Crippen molar-refractivity contribution in [3.63, 3.8) is 0 Å². The summed E-state index contributed by atoms with van der Waals surface area (Å²) >= 11 is 0. The average Bonchev–Trinajstić information content (AvgIpc) is 3.17. The number of hydrogen-bond acceptors (Lipinski definition) is 10. The minimum absolute atomic E-state index is 0.160. The number of fused-ring (bicyclic) bond motifs is 5. The molecular formula is C47H72N2O9. The first-order valence-electron chi connectivity index (χ1n) is 21.3. The number of likely N-dealkylation sites (N-methyl/N-ethyl adjacent to an activating group) is 1. The Labute approximate surface area is 347 Å². The van der Waals surface area contributed by atoms with E-state index in [9.17, 15) is 24.6 Å². The molecule has 13 atom stereocenters. The van der Waals surface area contributed by atoms with Gasteiger partial charge in [-0.3, -0.25) is 19.3 Å². The molecule has 0 unspecified atom stereocenters. The van der Waals surface area contributed by atoms with Gasteiger partial charge in [-0.2, -0.15) is 0 Å². The topological polar surface area (TPSA) is 144 Å². The van der Waals surface area contributed by atoms with Crippen molar-refractivity contribution < 1.29 is 43.5 Å². The summed E-state index contributed by atoms with van der Waals surface area (Å²) < 4.78 is 26.5. The number of rotatable bonds is 6. The van der Waals surface area contributed by atoms with Crippen molar-refractivity contribution >= 4 is 29.4 Å². The third kappa shape index (κ3) is 11.2. The zero-order chi connectivity index (χ0) is 43.3. The van der Waals surface area contributed by atoms with E-state index in [1.54, 1.807) is 13.8 Å². The fourth-order valence-electron chi connectivity index (χ4n) is 9.44. The maximum Gasteiger partial charge on any atom is 0.316 e. The second-order valence-corrected chi connectivity index (χ2v) is 18.7. The third-order valence-corrected chi connectivity index (χ3v) is 13.1. The molecule has 2 N–H and O–H groups in total. The average molecular weight is 809 g/mol. The number of nitrogens with zero attached hydrogens (tertiary/aromatic N) is 2. The number of benzene rings is 1. The number of cyclic esters (lactones) is 1. The Balaban J connectivity index is 1.97. The second kappa shape index (κ2) is 19.5. The molecule has 0 aromatic heterocycles. The first kappa shape index (κ1) is 47.6. The van der Waals surface area contributed by atoms with Crippen LogP contribution in [0, 0.1) is 29.6 Å². The van der Waals surface area contributed by atoms with Crippen LogP contribution in [0.3, 0.4) is 0 Å². The fraction of sp³-hybridized carbons (Fsp3) is 0.702. The van der Waals surface area contributed by atoms with E-state index in [-0.39, 0.29) is 36.6 Å².